The minimum atomic E-state index is -3.56. The van der Waals surface area contributed by atoms with Crippen LogP contribution in [0.5, 0.6) is 0 Å². The van der Waals surface area contributed by atoms with Crippen molar-refractivity contribution < 1.29 is 17.7 Å². The van der Waals surface area contributed by atoms with Crippen molar-refractivity contribution in [1.82, 2.24) is 10.2 Å². The third kappa shape index (κ3) is 3.67. The molecule has 1 saturated heterocycles. The quantitative estimate of drug-likeness (QED) is 0.588. The standard InChI is InChI=1S/C9H20N2O4S/c1-2-7-15-16(13,14)9-8-10-3-4-11(9)5-6-12/h9-10,12H,2-8H2,1H3. The van der Waals surface area contributed by atoms with Gasteiger partial charge in [0, 0.05) is 26.2 Å². The molecule has 0 aromatic rings. The van der Waals surface area contributed by atoms with E-state index in [1.165, 1.54) is 0 Å². The van der Waals surface area contributed by atoms with Crippen molar-refractivity contribution in [2.24, 2.45) is 0 Å². The summed E-state index contributed by atoms with van der Waals surface area (Å²) in [6, 6.07) is 0. The number of aliphatic hydroxyl groups is 1. The van der Waals surface area contributed by atoms with Gasteiger partial charge in [0.1, 0.15) is 0 Å². The van der Waals surface area contributed by atoms with Crippen LogP contribution in [0.25, 0.3) is 0 Å². The third-order valence-corrected chi connectivity index (χ3v) is 4.10. The Bertz CT molecular complexity index is 292. The highest BCUT2D eigenvalue weighted by Crippen LogP contribution is 2.12. The van der Waals surface area contributed by atoms with Gasteiger partial charge in [-0.05, 0) is 6.42 Å². The average molecular weight is 252 g/mol. The summed E-state index contributed by atoms with van der Waals surface area (Å²) in [5.41, 5.74) is 0. The molecule has 1 fully saturated rings. The van der Waals surface area contributed by atoms with E-state index in [0.717, 1.165) is 6.54 Å². The fraction of sp³-hybridized carbons (Fsp3) is 1.00. The SMILES string of the molecule is CCCOS(=O)(=O)C1CNCCN1CCO. The van der Waals surface area contributed by atoms with Crippen molar-refractivity contribution >= 4 is 10.1 Å². The van der Waals surface area contributed by atoms with E-state index >= 15 is 0 Å². The van der Waals surface area contributed by atoms with E-state index in [1.807, 2.05) is 6.92 Å². The number of aliphatic hydroxyl groups excluding tert-OH is 1. The number of piperazine rings is 1. The predicted octanol–water partition coefficient (Wildman–Crippen LogP) is -1.03. The second kappa shape index (κ2) is 6.51. The summed E-state index contributed by atoms with van der Waals surface area (Å²) in [6.45, 7) is 4.10. The third-order valence-electron chi connectivity index (χ3n) is 2.47. The van der Waals surface area contributed by atoms with Crippen molar-refractivity contribution in [3.8, 4) is 0 Å². The highest BCUT2D eigenvalue weighted by atomic mass is 32.2. The first kappa shape index (κ1) is 13.9. The maximum absolute atomic E-state index is 11.8. The van der Waals surface area contributed by atoms with Gasteiger partial charge in [0.15, 0.2) is 5.37 Å². The van der Waals surface area contributed by atoms with Crippen LogP contribution in [0.15, 0.2) is 0 Å². The summed E-state index contributed by atoms with van der Waals surface area (Å²) in [5.74, 6) is 0. The van der Waals surface area contributed by atoms with Crippen molar-refractivity contribution in [2.45, 2.75) is 18.7 Å². The molecule has 1 unspecified atom stereocenters. The van der Waals surface area contributed by atoms with Crippen LogP contribution in [-0.4, -0.2) is 63.2 Å². The van der Waals surface area contributed by atoms with E-state index in [1.54, 1.807) is 4.90 Å². The highest BCUT2D eigenvalue weighted by molar-refractivity contribution is 7.87. The molecule has 1 atom stereocenters. The normalized spacial score (nSPS) is 23.5. The Morgan fingerprint density at radius 2 is 2.31 bits per heavy atom. The van der Waals surface area contributed by atoms with Crippen LogP contribution in [0.3, 0.4) is 0 Å². The van der Waals surface area contributed by atoms with E-state index in [0.29, 0.717) is 26.1 Å². The zero-order chi connectivity index (χ0) is 12.0. The van der Waals surface area contributed by atoms with Gasteiger partial charge in [-0.25, -0.2) is 0 Å². The Morgan fingerprint density at radius 1 is 1.56 bits per heavy atom. The second-order valence-corrected chi connectivity index (χ2v) is 5.50. The van der Waals surface area contributed by atoms with E-state index in [-0.39, 0.29) is 13.2 Å². The lowest BCUT2D eigenvalue weighted by Gasteiger charge is -2.34. The summed E-state index contributed by atoms with van der Waals surface area (Å²) < 4.78 is 28.6. The number of rotatable bonds is 6. The van der Waals surface area contributed by atoms with Crippen LogP contribution in [0.2, 0.25) is 0 Å². The molecule has 1 rings (SSSR count). The molecule has 0 saturated carbocycles. The molecule has 6 nitrogen and oxygen atoms in total. The van der Waals surface area contributed by atoms with Crippen LogP contribution in [0, 0.1) is 0 Å². The lowest BCUT2D eigenvalue weighted by atomic mass is 10.3. The first-order valence-electron chi connectivity index (χ1n) is 5.55. The lowest BCUT2D eigenvalue weighted by Crippen LogP contribution is -2.55. The fourth-order valence-corrected chi connectivity index (χ4v) is 3.12. The van der Waals surface area contributed by atoms with Gasteiger partial charge in [-0.15, -0.1) is 0 Å². The van der Waals surface area contributed by atoms with Gasteiger partial charge in [-0.2, -0.15) is 8.42 Å². The lowest BCUT2D eigenvalue weighted by molar-refractivity contribution is 0.152. The fourth-order valence-electron chi connectivity index (χ4n) is 1.67. The van der Waals surface area contributed by atoms with Gasteiger partial charge in [-0.1, -0.05) is 6.92 Å². The summed E-state index contributed by atoms with van der Waals surface area (Å²) in [7, 11) is -3.56. The number of nitrogens with zero attached hydrogens (tertiary/aromatic N) is 1. The molecule has 16 heavy (non-hydrogen) atoms. The molecule has 7 heteroatoms. The largest absolute Gasteiger partial charge is 0.395 e. The zero-order valence-corrected chi connectivity index (χ0v) is 10.4. The first-order valence-corrected chi connectivity index (χ1v) is 7.03. The topological polar surface area (TPSA) is 78.9 Å². The monoisotopic (exact) mass is 252 g/mol. The molecule has 1 heterocycles. The van der Waals surface area contributed by atoms with Gasteiger partial charge < -0.3 is 10.4 Å². The van der Waals surface area contributed by atoms with Crippen molar-refractivity contribution in [2.75, 3.05) is 39.4 Å². The Morgan fingerprint density at radius 3 is 2.94 bits per heavy atom. The van der Waals surface area contributed by atoms with E-state index < -0.39 is 15.5 Å². The van der Waals surface area contributed by atoms with Gasteiger partial charge in [0.2, 0.25) is 0 Å². The van der Waals surface area contributed by atoms with Crippen LogP contribution >= 0.6 is 0 Å². The smallest absolute Gasteiger partial charge is 0.285 e. The molecule has 0 aromatic heterocycles. The molecule has 0 bridgehead atoms. The van der Waals surface area contributed by atoms with Crippen molar-refractivity contribution in [1.29, 1.82) is 0 Å². The summed E-state index contributed by atoms with van der Waals surface area (Å²) in [5, 5.41) is 11.2. The number of nitrogens with one attached hydrogen (secondary N) is 1. The molecule has 1 aliphatic heterocycles. The van der Waals surface area contributed by atoms with Crippen LogP contribution in [-0.2, 0) is 14.3 Å². The van der Waals surface area contributed by atoms with E-state index in [2.05, 4.69) is 5.32 Å². The molecular weight excluding hydrogens is 232 g/mol. The van der Waals surface area contributed by atoms with Crippen molar-refractivity contribution in [3.63, 3.8) is 0 Å². The molecule has 2 N–H and O–H groups in total. The Kier molecular flexibility index (Phi) is 5.63. The predicted molar refractivity (Wildman–Crippen MR) is 60.5 cm³/mol. The number of hydrogen-bond acceptors (Lipinski definition) is 6. The maximum Gasteiger partial charge on any atom is 0.285 e. The van der Waals surface area contributed by atoms with Gasteiger partial charge in [0.25, 0.3) is 10.1 Å². The summed E-state index contributed by atoms with van der Waals surface area (Å²) in [6.07, 6.45) is 0.666. The Hall–Kier alpha value is -0.210. The highest BCUT2D eigenvalue weighted by Gasteiger charge is 2.33. The molecule has 1 aliphatic rings. The van der Waals surface area contributed by atoms with Gasteiger partial charge in [-0.3, -0.25) is 9.08 Å². The Balaban J connectivity index is 2.66. The molecule has 96 valence electrons. The summed E-state index contributed by atoms with van der Waals surface area (Å²) >= 11 is 0. The van der Waals surface area contributed by atoms with Crippen LogP contribution < -0.4 is 5.32 Å². The minimum absolute atomic E-state index is 0.0419. The Labute approximate surface area is 96.7 Å². The number of β-amino-alcohol motifs (C(OH)–C–C–N with tert-alkyl or cyclic N) is 1. The van der Waals surface area contributed by atoms with E-state index in [9.17, 15) is 8.42 Å². The van der Waals surface area contributed by atoms with Crippen LogP contribution in [0.1, 0.15) is 13.3 Å². The van der Waals surface area contributed by atoms with Crippen LogP contribution in [0.4, 0.5) is 0 Å². The minimum Gasteiger partial charge on any atom is -0.395 e. The molecule has 0 aliphatic carbocycles. The van der Waals surface area contributed by atoms with Crippen molar-refractivity contribution in [3.05, 3.63) is 0 Å². The molecule has 0 spiro atoms. The molecule has 0 radical (unpaired) electrons. The second-order valence-electron chi connectivity index (χ2n) is 3.73. The summed E-state index contributed by atoms with van der Waals surface area (Å²) in [4.78, 5) is 1.74. The average Bonchev–Trinajstić information content (AvgIpc) is 2.27. The number of hydrogen-bond donors (Lipinski definition) is 2. The molecule has 0 aromatic carbocycles. The van der Waals surface area contributed by atoms with Gasteiger partial charge in [0.05, 0.1) is 13.2 Å². The van der Waals surface area contributed by atoms with E-state index in [4.69, 9.17) is 9.29 Å². The molecular formula is C9H20N2O4S. The maximum atomic E-state index is 11.8. The first-order chi connectivity index (χ1) is 7.61. The zero-order valence-electron chi connectivity index (χ0n) is 9.55. The van der Waals surface area contributed by atoms with Gasteiger partial charge >= 0.3 is 0 Å². The molecule has 0 amide bonds.